The van der Waals surface area contributed by atoms with Gasteiger partial charge in [0.05, 0.1) is 11.1 Å². The van der Waals surface area contributed by atoms with Crippen LogP contribution in [0.5, 0.6) is 0 Å². The van der Waals surface area contributed by atoms with E-state index < -0.39 is 0 Å². The Morgan fingerprint density at radius 2 is 1.03 bits per heavy atom. The Hall–Kier alpha value is -1.91. The first-order chi connectivity index (χ1) is 16.3. The molecule has 0 aromatic carbocycles. The largest absolute Gasteiger partial charge is 0.336 e. The summed E-state index contributed by atoms with van der Waals surface area (Å²) in [6, 6.07) is 1.79. The normalized spacial score (nSPS) is 43.2. The Balaban J connectivity index is 1.17. The van der Waals surface area contributed by atoms with Gasteiger partial charge in [0.25, 0.3) is 11.8 Å². The zero-order valence-corrected chi connectivity index (χ0v) is 20.8. The number of carbonyl (C=O) groups excluding carboxylic acids is 2. The number of hydrogen-bond acceptors (Lipinski definition) is 3. The molecule has 5 nitrogen and oxygen atoms in total. The summed E-state index contributed by atoms with van der Waals surface area (Å²) in [5.41, 5.74) is 1.02. The van der Waals surface area contributed by atoms with Crippen LogP contribution in [0.1, 0.15) is 97.8 Å². The molecule has 8 saturated carbocycles. The summed E-state index contributed by atoms with van der Waals surface area (Å²) in [6.07, 6.45) is 18.3. The topological polar surface area (TPSA) is 53.5 Å². The van der Waals surface area contributed by atoms with Gasteiger partial charge in [0.1, 0.15) is 0 Å². The average molecular weight is 462 g/mol. The Labute approximate surface area is 203 Å². The minimum atomic E-state index is -0.0200. The Bertz CT molecular complexity index is 880. The van der Waals surface area contributed by atoms with E-state index in [9.17, 15) is 9.59 Å². The second kappa shape index (κ2) is 7.30. The van der Waals surface area contributed by atoms with E-state index in [-0.39, 0.29) is 22.9 Å². The number of rotatable bonds is 4. The van der Waals surface area contributed by atoms with Crippen LogP contribution in [0.25, 0.3) is 0 Å². The number of nitrogens with zero attached hydrogens (tertiary/aromatic N) is 3. The lowest BCUT2D eigenvalue weighted by Crippen LogP contribution is -2.61. The molecule has 9 rings (SSSR count). The van der Waals surface area contributed by atoms with E-state index in [2.05, 4.69) is 4.98 Å². The fourth-order valence-electron chi connectivity index (χ4n) is 10.5. The average Bonchev–Trinajstić information content (AvgIpc) is 2.80. The molecule has 5 heteroatoms. The van der Waals surface area contributed by atoms with Crippen LogP contribution in [0.15, 0.2) is 18.5 Å². The molecule has 1 aromatic heterocycles. The van der Waals surface area contributed by atoms with Crippen molar-refractivity contribution < 1.29 is 9.59 Å². The third-order valence-corrected chi connectivity index (χ3v) is 11.3. The summed E-state index contributed by atoms with van der Waals surface area (Å²) in [6.45, 7) is 0. The van der Waals surface area contributed by atoms with E-state index in [1.807, 2.05) is 23.9 Å². The van der Waals surface area contributed by atoms with E-state index in [0.717, 1.165) is 74.0 Å². The van der Waals surface area contributed by atoms with Crippen LogP contribution >= 0.6 is 0 Å². The molecular weight excluding hydrogens is 422 g/mol. The second-order valence-electron chi connectivity index (χ2n) is 13.4. The molecule has 8 bridgehead atoms. The number of aromatic nitrogens is 1. The van der Waals surface area contributed by atoms with Crippen molar-refractivity contribution in [3.05, 3.63) is 29.6 Å². The van der Waals surface area contributed by atoms with Crippen molar-refractivity contribution in [2.45, 2.75) is 88.1 Å². The number of amides is 2. The first kappa shape index (κ1) is 21.4. The molecule has 0 atom stereocenters. The summed E-state index contributed by atoms with van der Waals surface area (Å²) in [5, 5.41) is 0. The van der Waals surface area contributed by atoms with Gasteiger partial charge in [-0.2, -0.15) is 0 Å². The first-order valence-corrected chi connectivity index (χ1v) is 13.8. The molecule has 1 aromatic rings. The Morgan fingerprint density at radius 1 is 0.676 bits per heavy atom. The van der Waals surface area contributed by atoms with Gasteiger partial charge in [0.2, 0.25) is 0 Å². The molecule has 0 aliphatic heterocycles. The molecule has 0 saturated heterocycles. The highest BCUT2D eigenvalue weighted by Crippen LogP contribution is 2.59. The molecule has 8 fully saturated rings. The van der Waals surface area contributed by atoms with E-state index in [4.69, 9.17) is 0 Å². The van der Waals surface area contributed by atoms with Gasteiger partial charge >= 0.3 is 0 Å². The van der Waals surface area contributed by atoms with Crippen LogP contribution in [0.3, 0.4) is 0 Å². The molecule has 1 heterocycles. The fraction of sp³-hybridized carbons (Fsp3) is 0.759. The van der Waals surface area contributed by atoms with Crippen LogP contribution in [0, 0.1) is 35.5 Å². The number of carbonyl (C=O) groups is 2. The van der Waals surface area contributed by atoms with Crippen LogP contribution < -0.4 is 0 Å². The van der Waals surface area contributed by atoms with E-state index in [1.54, 1.807) is 18.5 Å². The molecule has 34 heavy (non-hydrogen) atoms. The smallest absolute Gasteiger partial charge is 0.256 e. The minimum absolute atomic E-state index is 0.00249. The van der Waals surface area contributed by atoms with Gasteiger partial charge in [0.15, 0.2) is 0 Å². The molecule has 8 aliphatic rings. The molecule has 0 spiro atoms. The first-order valence-electron chi connectivity index (χ1n) is 13.8. The van der Waals surface area contributed by atoms with E-state index >= 15 is 0 Å². The zero-order valence-electron chi connectivity index (χ0n) is 20.8. The lowest BCUT2D eigenvalue weighted by molar-refractivity contribution is -0.0679. The van der Waals surface area contributed by atoms with Gasteiger partial charge in [0, 0.05) is 37.6 Å². The third-order valence-electron chi connectivity index (χ3n) is 11.3. The predicted molar refractivity (Wildman–Crippen MR) is 130 cm³/mol. The van der Waals surface area contributed by atoms with Crippen LogP contribution in [-0.4, -0.2) is 51.8 Å². The summed E-state index contributed by atoms with van der Waals surface area (Å²) in [4.78, 5) is 36.4. The van der Waals surface area contributed by atoms with Gasteiger partial charge in [-0.1, -0.05) is 0 Å². The summed E-state index contributed by atoms with van der Waals surface area (Å²) >= 11 is 0. The van der Waals surface area contributed by atoms with Gasteiger partial charge < -0.3 is 9.80 Å². The van der Waals surface area contributed by atoms with E-state index in [1.165, 1.54) is 38.5 Å². The highest BCUT2D eigenvalue weighted by atomic mass is 16.2. The minimum Gasteiger partial charge on any atom is -0.336 e. The van der Waals surface area contributed by atoms with Crippen LogP contribution in [-0.2, 0) is 0 Å². The van der Waals surface area contributed by atoms with Crippen molar-refractivity contribution in [2.24, 2.45) is 35.5 Å². The molecule has 0 unspecified atom stereocenters. The van der Waals surface area contributed by atoms with Crippen LogP contribution in [0.2, 0.25) is 0 Å². The summed E-state index contributed by atoms with van der Waals surface area (Å²) in [7, 11) is 4.01. The number of hydrogen-bond donors (Lipinski definition) is 0. The molecule has 2 amide bonds. The Morgan fingerprint density at radius 3 is 1.41 bits per heavy atom. The van der Waals surface area contributed by atoms with Crippen molar-refractivity contribution in [1.82, 2.24) is 14.8 Å². The predicted octanol–water partition coefficient (Wildman–Crippen LogP) is 5.16. The summed E-state index contributed by atoms with van der Waals surface area (Å²) in [5.74, 6) is 4.69. The lowest BCUT2D eigenvalue weighted by Gasteiger charge is -2.60. The maximum absolute atomic E-state index is 14.0. The third kappa shape index (κ3) is 3.07. The molecular formula is C29H39N3O2. The highest BCUT2D eigenvalue weighted by molar-refractivity contribution is 6.07. The van der Waals surface area contributed by atoms with Gasteiger partial charge in [-0.15, -0.1) is 0 Å². The van der Waals surface area contributed by atoms with Crippen molar-refractivity contribution in [1.29, 1.82) is 0 Å². The molecule has 8 aliphatic carbocycles. The molecule has 0 N–H and O–H groups in total. The zero-order chi connectivity index (χ0) is 23.2. The van der Waals surface area contributed by atoms with Crippen molar-refractivity contribution >= 4 is 11.8 Å². The SMILES string of the molecule is CN(C(=O)c1ccncc1C(=O)N(C)C12CC3CC(CC(C3)C1)C2)C12CC3CC(CC(C3)C1)C2. The lowest BCUT2D eigenvalue weighted by atomic mass is 9.52. The fourth-order valence-corrected chi connectivity index (χ4v) is 10.5. The van der Waals surface area contributed by atoms with Gasteiger partial charge in [-0.3, -0.25) is 14.6 Å². The number of pyridine rings is 1. The van der Waals surface area contributed by atoms with Gasteiger partial charge in [-0.25, -0.2) is 0 Å². The standard InChI is InChI=1S/C29H39N3O2/c1-31(28-11-18-5-19(12-28)7-20(6-18)13-28)26(33)24-3-4-30-17-25(24)27(34)32(2)29-14-21-8-22(15-29)10-23(9-21)16-29/h3-4,17-23H,5-16H2,1-2H3. The maximum Gasteiger partial charge on any atom is 0.256 e. The van der Waals surface area contributed by atoms with Gasteiger partial charge in [-0.05, 0) is 119 Å². The monoisotopic (exact) mass is 461 g/mol. The molecule has 0 radical (unpaired) electrons. The van der Waals surface area contributed by atoms with Crippen molar-refractivity contribution in [3.63, 3.8) is 0 Å². The van der Waals surface area contributed by atoms with Crippen molar-refractivity contribution in [3.8, 4) is 0 Å². The van der Waals surface area contributed by atoms with Crippen LogP contribution in [0.4, 0.5) is 0 Å². The quantitative estimate of drug-likeness (QED) is 0.622. The molecule has 182 valence electrons. The Kier molecular flexibility index (Phi) is 4.59. The maximum atomic E-state index is 14.0. The highest BCUT2D eigenvalue weighted by Gasteiger charge is 2.55. The van der Waals surface area contributed by atoms with Crippen molar-refractivity contribution in [2.75, 3.05) is 14.1 Å². The second-order valence-corrected chi connectivity index (χ2v) is 13.4. The van der Waals surface area contributed by atoms with E-state index in [0.29, 0.717) is 11.1 Å². The summed E-state index contributed by atoms with van der Waals surface area (Å²) < 4.78 is 0.